The van der Waals surface area contributed by atoms with E-state index in [1.807, 2.05) is 91.0 Å². The smallest absolute Gasteiger partial charge is 0.329 e. The quantitative estimate of drug-likeness (QED) is 0.222. The molecule has 1 saturated heterocycles. The van der Waals surface area contributed by atoms with E-state index in [0.717, 1.165) is 21.6 Å². The van der Waals surface area contributed by atoms with E-state index < -0.39 is 54.3 Å². The topological polar surface area (TPSA) is 148 Å². The predicted molar refractivity (Wildman–Crippen MR) is 154 cm³/mol. The van der Waals surface area contributed by atoms with Crippen molar-refractivity contribution in [3.05, 3.63) is 108 Å². The molecule has 1 aliphatic heterocycles. The lowest BCUT2D eigenvalue weighted by atomic mass is 10.0. The maximum absolute atomic E-state index is 13.1. The minimum atomic E-state index is -1.05. The Morgan fingerprint density at radius 2 is 1.38 bits per heavy atom. The maximum atomic E-state index is 13.1. The molecule has 0 aliphatic carbocycles. The number of likely N-dealkylation sites (tertiary alicyclic amines) is 1. The van der Waals surface area contributed by atoms with Crippen LogP contribution in [0.1, 0.15) is 29.5 Å². The number of benzene rings is 3. The highest BCUT2D eigenvalue weighted by atomic mass is 16.5. The summed E-state index contributed by atoms with van der Waals surface area (Å²) in [5.74, 6) is -3.12. The fraction of sp³-hybridized carbons (Fsp3) is 0.281. The molecule has 1 fully saturated rings. The Labute approximate surface area is 244 Å². The van der Waals surface area contributed by atoms with E-state index in [0.29, 0.717) is 0 Å². The molecule has 10 heteroatoms. The van der Waals surface area contributed by atoms with Crippen molar-refractivity contribution in [3.63, 3.8) is 0 Å². The van der Waals surface area contributed by atoms with E-state index in [4.69, 9.17) is 10.5 Å². The lowest BCUT2D eigenvalue weighted by Crippen LogP contribution is -2.59. The van der Waals surface area contributed by atoms with Gasteiger partial charge >= 0.3 is 5.97 Å². The van der Waals surface area contributed by atoms with Crippen LogP contribution in [0, 0.1) is 0 Å². The Kier molecular flexibility index (Phi) is 10.5. The molecule has 3 aromatic carbocycles. The van der Waals surface area contributed by atoms with Crippen LogP contribution in [-0.4, -0.2) is 59.2 Å². The fourth-order valence-corrected chi connectivity index (χ4v) is 4.63. The second-order valence-electron chi connectivity index (χ2n) is 10.1. The molecule has 4 amide bonds. The molecular weight excluding hydrogens is 536 g/mol. The van der Waals surface area contributed by atoms with Crippen LogP contribution >= 0.6 is 0 Å². The third-order valence-electron chi connectivity index (χ3n) is 6.89. The Morgan fingerprint density at radius 1 is 0.833 bits per heavy atom. The molecule has 0 unspecified atom stereocenters. The summed E-state index contributed by atoms with van der Waals surface area (Å²) in [6, 6.07) is 24.5. The molecule has 4 rings (SSSR count). The number of hydrogen-bond acceptors (Lipinski definition) is 7. The van der Waals surface area contributed by atoms with Crippen molar-refractivity contribution >= 4 is 29.6 Å². The summed E-state index contributed by atoms with van der Waals surface area (Å²) < 4.78 is 5.46. The molecule has 0 spiro atoms. The van der Waals surface area contributed by atoms with Gasteiger partial charge in [-0.15, -0.1) is 0 Å². The molecule has 3 aromatic rings. The molecule has 1 aliphatic rings. The Hall–Kier alpha value is -4.83. The van der Waals surface area contributed by atoms with Gasteiger partial charge in [-0.3, -0.25) is 24.1 Å². The molecule has 10 nitrogen and oxygen atoms in total. The van der Waals surface area contributed by atoms with Gasteiger partial charge in [0.15, 0.2) is 0 Å². The summed E-state index contributed by atoms with van der Waals surface area (Å²) in [7, 11) is 0. The summed E-state index contributed by atoms with van der Waals surface area (Å²) in [5, 5.41) is 5.25. The zero-order chi connectivity index (χ0) is 29.9. The lowest BCUT2D eigenvalue weighted by Gasteiger charge is -2.31. The molecule has 1 heterocycles. The average molecular weight is 571 g/mol. The first-order valence-electron chi connectivity index (χ1n) is 13.8. The standard InChI is InChI=1S/C32H34N4O6/c33-25(18-22-10-4-1-5-11-22)30(39)35-26-16-17-29(38)36(31(26)40)20-28(37)34-27(19-23-12-6-2-7-13-23)32(41)42-21-24-14-8-3-9-15-24/h1-15,25-27H,16-21,33H2,(H,34,37)(H,35,39)/t25-,26-,27-/m0/s1. The number of amides is 4. The Bertz CT molecular complexity index is 1380. The van der Waals surface area contributed by atoms with Crippen molar-refractivity contribution in [2.75, 3.05) is 6.54 Å². The number of nitrogens with zero attached hydrogens (tertiary/aromatic N) is 1. The minimum Gasteiger partial charge on any atom is -0.459 e. The first-order chi connectivity index (χ1) is 20.3. The van der Waals surface area contributed by atoms with Crippen LogP contribution < -0.4 is 16.4 Å². The van der Waals surface area contributed by atoms with Crippen molar-refractivity contribution in [1.82, 2.24) is 15.5 Å². The molecule has 0 saturated carbocycles. The van der Waals surface area contributed by atoms with Crippen molar-refractivity contribution in [2.45, 2.75) is 50.4 Å². The molecule has 0 aromatic heterocycles. The van der Waals surface area contributed by atoms with Crippen molar-refractivity contribution in [3.8, 4) is 0 Å². The number of hydrogen-bond donors (Lipinski definition) is 3. The van der Waals surface area contributed by atoms with Crippen molar-refractivity contribution in [2.24, 2.45) is 5.73 Å². The predicted octanol–water partition coefficient (Wildman–Crippen LogP) is 1.66. The first-order valence-corrected chi connectivity index (χ1v) is 13.8. The number of piperidine rings is 1. The number of ether oxygens (including phenoxy) is 1. The highest BCUT2D eigenvalue weighted by molar-refractivity contribution is 6.04. The van der Waals surface area contributed by atoms with Gasteiger partial charge in [0.1, 0.15) is 25.2 Å². The molecule has 218 valence electrons. The van der Waals surface area contributed by atoms with Gasteiger partial charge in [0.05, 0.1) is 6.04 Å². The fourth-order valence-electron chi connectivity index (χ4n) is 4.63. The number of nitrogens with one attached hydrogen (secondary N) is 2. The van der Waals surface area contributed by atoms with Crippen molar-refractivity contribution < 1.29 is 28.7 Å². The lowest BCUT2D eigenvalue weighted by molar-refractivity contribution is -0.154. The van der Waals surface area contributed by atoms with Gasteiger partial charge < -0.3 is 21.1 Å². The number of nitrogens with two attached hydrogens (primary N) is 1. The number of esters is 1. The summed E-state index contributed by atoms with van der Waals surface area (Å²) in [6.07, 6.45) is 0.494. The van der Waals surface area contributed by atoms with E-state index in [1.165, 1.54) is 0 Å². The van der Waals surface area contributed by atoms with Crippen LogP contribution in [-0.2, 0) is 48.2 Å². The highest BCUT2D eigenvalue weighted by Gasteiger charge is 2.37. The van der Waals surface area contributed by atoms with Crippen LogP contribution in [0.2, 0.25) is 0 Å². The molecule has 0 bridgehead atoms. The van der Waals surface area contributed by atoms with E-state index in [2.05, 4.69) is 10.6 Å². The van der Waals surface area contributed by atoms with Crippen LogP contribution in [0.4, 0.5) is 0 Å². The average Bonchev–Trinajstić information content (AvgIpc) is 3.00. The van der Waals surface area contributed by atoms with Gasteiger partial charge in [-0.1, -0.05) is 91.0 Å². The van der Waals surface area contributed by atoms with Crippen molar-refractivity contribution in [1.29, 1.82) is 0 Å². The summed E-state index contributed by atoms with van der Waals surface area (Å²) >= 11 is 0. The third kappa shape index (κ3) is 8.58. The second-order valence-corrected chi connectivity index (χ2v) is 10.1. The van der Waals surface area contributed by atoms with Gasteiger partial charge in [0, 0.05) is 12.8 Å². The molecule has 4 N–H and O–H groups in total. The zero-order valence-corrected chi connectivity index (χ0v) is 23.1. The summed E-state index contributed by atoms with van der Waals surface area (Å²) in [4.78, 5) is 65.3. The van der Waals surface area contributed by atoms with E-state index >= 15 is 0 Å². The normalized spacial score (nSPS) is 16.3. The summed E-state index contributed by atoms with van der Waals surface area (Å²) in [5.41, 5.74) is 8.50. The van der Waals surface area contributed by atoms with Crippen LogP contribution in [0.15, 0.2) is 91.0 Å². The van der Waals surface area contributed by atoms with Gasteiger partial charge in [-0.2, -0.15) is 0 Å². The Morgan fingerprint density at radius 3 is 1.98 bits per heavy atom. The maximum Gasteiger partial charge on any atom is 0.329 e. The van der Waals surface area contributed by atoms with E-state index in [-0.39, 0.29) is 32.3 Å². The minimum absolute atomic E-state index is 0.0255. The summed E-state index contributed by atoms with van der Waals surface area (Å²) in [6.45, 7) is -0.574. The zero-order valence-electron chi connectivity index (χ0n) is 23.1. The van der Waals surface area contributed by atoms with Crippen LogP contribution in [0.5, 0.6) is 0 Å². The SMILES string of the molecule is N[C@@H](Cc1ccccc1)C(=O)N[C@H]1CCC(=O)N(CC(=O)N[C@@H](Cc2ccccc2)C(=O)OCc2ccccc2)C1=O. The second kappa shape index (κ2) is 14.7. The molecule has 3 atom stereocenters. The number of rotatable bonds is 12. The highest BCUT2D eigenvalue weighted by Crippen LogP contribution is 2.14. The van der Waals surface area contributed by atoms with E-state index in [1.54, 1.807) is 0 Å². The third-order valence-corrected chi connectivity index (χ3v) is 6.89. The first kappa shape index (κ1) is 30.1. The molecule has 0 radical (unpaired) electrons. The van der Waals surface area contributed by atoms with Crippen LogP contribution in [0.3, 0.4) is 0 Å². The van der Waals surface area contributed by atoms with Gasteiger partial charge in [-0.25, -0.2) is 4.79 Å². The Balaban J connectivity index is 1.37. The molecule has 42 heavy (non-hydrogen) atoms. The largest absolute Gasteiger partial charge is 0.459 e. The van der Waals surface area contributed by atoms with Crippen LogP contribution in [0.25, 0.3) is 0 Å². The monoisotopic (exact) mass is 570 g/mol. The van der Waals surface area contributed by atoms with Gasteiger partial charge in [-0.05, 0) is 29.5 Å². The van der Waals surface area contributed by atoms with Gasteiger partial charge in [0.2, 0.25) is 17.7 Å². The number of carbonyl (C=O) groups is 5. The van der Waals surface area contributed by atoms with Gasteiger partial charge in [0.25, 0.3) is 5.91 Å². The number of carbonyl (C=O) groups excluding carboxylic acids is 5. The van der Waals surface area contributed by atoms with E-state index in [9.17, 15) is 24.0 Å². The number of imide groups is 1. The molecular formula is C32H34N4O6.